The molecule has 0 bridgehead atoms. The summed E-state index contributed by atoms with van der Waals surface area (Å²) in [6.07, 6.45) is 2.91. The molecule has 2 rings (SSSR count). The Morgan fingerprint density at radius 3 is 2.79 bits per heavy atom. The van der Waals surface area contributed by atoms with Crippen molar-refractivity contribution in [2.75, 3.05) is 20.2 Å². The Bertz CT molecular complexity index is 402. The first-order chi connectivity index (χ1) is 8.89. The number of likely N-dealkylation sites (N-methyl/N-ethyl adjacent to an activating group) is 1. The molecular formula is C15H26N2O2. The lowest BCUT2D eigenvalue weighted by Gasteiger charge is -2.60. The van der Waals surface area contributed by atoms with E-state index < -0.39 is 0 Å². The Kier molecular flexibility index (Phi) is 4.04. The highest BCUT2D eigenvalue weighted by Gasteiger charge is 2.58. The molecule has 4 nitrogen and oxygen atoms in total. The topological polar surface area (TPSA) is 51.6 Å². The van der Waals surface area contributed by atoms with Crippen molar-refractivity contribution in [2.45, 2.75) is 45.4 Å². The number of nitrogens with zero attached hydrogens (tertiary/aromatic N) is 1. The molecule has 0 amide bonds. The van der Waals surface area contributed by atoms with Gasteiger partial charge in [-0.1, -0.05) is 13.8 Å². The second-order valence-electron chi connectivity index (χ2n) is 6.28. The molecule has 0 radical (unpaired) electrons. The summed E-state index contributed by atoms with van der Waals surface area (Å²) in [5.74, 6) is 0.976. The van der Waals surface area contributed by atoms with Crippen LogP contribution in [-0.2, 0) is 11.3 Å². The van der Waals surface area contributed by atoms with E-state index in [1.54, 1.807) is 6.26 Å². The van der Waals surface area contributed by atoms with Crippen LogP contribution in [-0.4, -0.2) is 36.7 Å². The minimum absolute atomic E-state index is 0.0143. The standard InChI is InChI=1S/C15H26N2O2/c1-5-18-13-9-15(16,14(13,2)3)11-17(4)10-12-7-6-8-19-12/h6-8,13H,5,9-11,16H2,1-4H3. The number of ether oxygens (including phenoxy) is 1. The summed E-state index contributed by atoms with van der Waals surface area (Å²) in [7, 11) is 2.08. The van der Waals surface area contributed by atoms with Gasteiger partial charge in [0, 0.05) is 24.1 Å². The van der Waals surface area contributed by atoms with Gasteiger partial charge in [-0.15, -0.1) is 0 Å². The van der Waals surface area contributed by atoms with Crippen LogP contribution in [0.15, 0.2) is 22.8 Å². The fraction of sp³-hybridized carbons (Fsp3) is 0.733. The van der Waals surface area contributed by atoms with Gasteiger partial charge in [0.1, 0.15) is 5.76 Å². The number of nitrogens with two attached hydrogens (primary N) is 1. The number of rotatable bonds is 6. The van der Waals surface area contributed by atoms with E-state index in [1.165, 1.54) is 0 Å². The summed E-state index contributed by atoms with van der Waals surface area (Å²) in [5, 5.41) is 0. The maximum Gasteiger partial charge on any atom is 0.117 e. The van der Waals surface area contributed by atoms with Gasteiger partial charge in [-0.05, 0) is 32.5 Å². The Morgan fingerprint density at radius 1 is 1.53 bits per heavy atom. The molecule has 1 aliphatic rings. The Morgan fingerprint density at radius 2 is 2.26 bits per heavy atom. The predicted octanol–water partition coefficient (Wildman–Crippen LogP) is 2.24. The van der Waals surface area contributed by atoms with Crippen molar-refractivity contribution in [2.24, 2.45) is 11.1 Å². The van der Waals surface area contributed by atoms with Gasteiger partial charge in [0.2, 0.25) is 0 Å². The molecule has 4 heteroatoms. The average molecular weight is 266 g/mol. The van der Waals surface area contributed by atoms with Gasteiger partial charge in [-0.3, -0.25) is 4.90 Å². The van der Waals surface area contributed by atoms with Crippen LogP contribution in [0, 0.1) is 5.41 Å². The molecular weight excluding hydrogens is 240 g/mol. The van der Waals surface area contributed by atoms with Crippen LogP contribution in [0.3, 0.4) is 0 Å². The van der Waals surface area contributed by atoms with Crippen LogP contribution in [0.5, 0.6) is 0 Å². The second-order valence-corrected chi connectivity index (χ2v) is 6.28. The summed E-state index contributed by atoms with van der Waals surface area (Å²) in [4.78, 5) is 2.22. The molecule has 1 fully saturated rings. The van der Waals surface area contributed by atoms with Crippen molar-refractivity contribution in [3.05, 3.63) is 24.2 Å². The van der Waals surface area contributed by atoms with Gasteiger partial charge in [-0.2, -0.15) is 0 Å². The SMILES string of the molecule is CCOC1CC(N)(CN(C)Cc2ccco2)C1(C)C. The molecule has 1 aromatic heterocycles. The molecule has 1 heterocycles. The summed E-state index contributed by atoms with van der Waals surface area (Å²) >= 11 is 0. The lowest BCUT2D eigenvalue weighted by atomic mass is 9.54. The maximum absolute atomic E-state index is 6.58. The lowest BCUT2D eigenvalue weighted by Crippen LogP contribution is -2.73. The van der Waals surface area contributed by atoms with E-state index in [-0.39, 0.29) is 17.1 Å². The van der Waals surface area contributed by atoms with Gasteiger partial charge in [-0.25, -0.2) is 0 Å². The Labute approximate surface area is 115 Å². The number of hydrogen-bond donors (Lipinski definition) is 1. The third-order valence-electron chi connectivity index (χ3n) is 4.56. The van der Waals surface area contributed by atoms with Gasteiger partial charge in [0.15, 0.2) is 0 Å². The molecule has 1 aromatic rings. The van der Waals surface area contributed by atoms with Gasteiger partial charge < -0.3 is 14.9 Å². The van der Waals surface area contributed by atoms with E-state index in [9.17, 15) is 0 Å². The van der Waals surface area contributed by atoms with E-state index in [0.29, 0.717) is 0 Å². The molecule has 19 heavy (non-hydrogen) atoms. The molecule has 2 atom stereocenters. The summed E-state index contributed by atoms with van der Waals surface area (Å²) < 4.78 is 11.1. The number of furan rings is 1. The molecule has 1 saturated carbocycles. The fourth-order valence-corrected chi connectivity index (χ4v) is 2.98. The molecule has 2 N–H and O–H groups in total. The Hall–Kier alpha value is -0.840. The van der Waals surface area contributed by atoms with Crippen molar-refractivity contribution in [1.82, 2.24) is 4.90 Å². The number of hydrogen-bond acceptors (Lipinski definition) is 4. The highest BCUT2D eigenvalue weighted by molar-refractivity contribution is 5.14. The van der Waals surface area contributed by atoms with Gasteiger partial charge >= 0.3 is 0 Å². The highest BCUT2D eigenvalue weighted by Crippen LogP contribution is 2.50. The average Bonchev–Trinajstić information content (AvgIpc) is 2.81. The lowest BCUT2D eigenvalue weighted by molar-refractivity contribution is -0.155. The molecule has 2 unspecified atom stereocenters. The van der Waals surface area contributed by atoms with E-state index in [1.807, 2.05) is 19.1 Å². The van der Waals surface area contributed by atoms with Crippen molar-refractivity contribution >= 4 is 0 Å². The molecule has 108 valence electrons. The van der Waals surface area contributed by atoms with E-state index in [2.05, 4.69) is 25.8 Å². The van der Waals surface area contributed by atoms with Crippen molar-refractivity contribution in [1.29, 1.82) is 0 Å². The molecule has 0 saturated heterocycles. The zero-order valence-corrected chi connectivity index (χ0v) is 12.5. The third-order valence-corrected chi connectivity index (χ3v) is 4.56. The quantitative estimate of drug-likeness (QED) is 0.858. The van der Waals surface area contributed by atoms with Crippen LogP contribution >= 0.6 is 0 Å². The first kappa shape index (κ1) is 14.6. The summed E-state index contributed by atoms with van der Waals surface area (Å²) in [5.41, 5.74) is 6.41. The molecule has 0 spiro atoms. The third kappa shape index (κ3) is 2.71. The zero-order chi connectivity index (χ0) is 14.1. The summed E-state index contributed by atoms with van der Waals surface area (Å²) in [6.45, 7) is 8.85. The first-order valence-electron chi connectivity index (χ1n) is 7.00. The van der Waals surface area contributed by atoms with Crippen LogP contribution in [0.25, 0.3) is 0 Å². The van der Waals surface area contributed by atoms with Gasteiger partial charge in [0.25, 0.3) is 0 Å². The second kappa shape index (κ2) is 5.27. The Balaban J connectivity index is 1.92. The van der Waals surface area contributed by atoms with Crippen LogP contribution < -0.4 is 5.73 Å². The fourth-order valence-electron chi connectivity index (χ4n) is 2.98. The molecule has 0 aromatic carbocycles. The minimum Gasteiger partial charge on any atom is -0.468 e. The smallest absolute Gasteiger partial charge is 0.117 e. The van der Waals surface area contributed by atoms with Crippen molar-refractivity contribution in [3.63, 3.8) is 0 Å². The van der Waals surface area contributed by atoms with Crippen molar-refractivity contribution in [3.8, 4) is 0 Å². The summed E-state index contributed by atoms with van der Waals surface area (Å²) in [6, 6.07) is 3.91. The zero-order valence-electron chi connectivity index (χ0n) is 12.5. The van der Waals surface area contributed by atoms with Crippen LogP contribution in [0.2, 0.25) is 0 Å². The first-order valence-corrected chi connectivity index (χ1v) is 7.00. The van der Waals surface area contributed by atoms with E-state index >= 15 is 0 Å². The van der Waals surface area contributed by atoms with Gasteiger partial charge in [0.05, 0.1) is 18.9 Å². The van der Waals surface area contributed by atoms with Crippen LogP contribution in [0.4, 0.5) is 0 Å². The van der Waals surface area contributed by atoms with E-state index in [4.69, 9.17) is 14.9 Å². The molecule has 0 aliphatic heterocycles. The monoisotopic (exact) mass is 266 g/mol. The van der Waals surface area contributed by atoms with Crippen LogP contribution in [0.1, 0.15) is 33.0 Å². The molecule has 1 aliphatic carbocycles. The minimum atomic E-state index is -0.186. The largest absolute Gasteiger partial charge is 0.468 e. The maximum atomic E-state index is 6.58. The highest BCUT2D eigenvalue weighted by atomic mass is 16.5. The predicted molar refractivity (Wildman–Crippen MR) is 75.8 cm³/mol. The normalized spacial score (nSPS) is 29.5. The van der Waals surface area contributed by atoms with Crippen molar-refractivity contribution < 1.29 is 9.15 Å². The van der Waals surface area contributed by atoms with E-state index in [0.717, 1.165) is 31.9 Å².